The molecule has 0 aliphatic heterocycles. The highest BCUT2D eigenvalue weighted by Gasteiger charge is 2.10. The molecule has 0 N–H and O–H groups in total. The molecule has 0 spiro atoms. The molecule has 0 radical (unpaired) electrons. The first-order valence-electron chi connectivity index (χ1n) is 8.96. The van der Waals surface area contributed by atoms with Crippen LogP contribution < -0.4 is 0 Å². The fourth-order valence-corrected chi connectivity index (χ4v) is 2.67. The van der Waals surface area contributed by atoms with Gasteiger partial charge in [0.2, 0.25) is 0 Å². The van der Waals surface area contributed by atoms with E-state index >= 15 is 0 Å². The molecule has 0 saturated heterocycles. The third-order valence-electron chi connectivity index (χ3n) is 4.05. The Morgan fingerprint density at radius 3 is 1.90 bits per heavy atom. The van der Waals surface area contributed by atoms with Gasteiger partial charge in [0.15, 0.2) is 0 Å². The van der Waals surface area contributed by atoms with Crippen LogP contribution in [0.4, 0.5) is 0 Å². The largest absolute Gasteiger partial charge is 0.381 e. The fraction of sp³-hybridized carbons (Fsp3) is 1.00. The zero-order valence-corrected chi connectivity index (χ0v) is 14.6. The van der Waals surface area contributed by atoms with Gasteiger partial charge in [-0.2, -0.15) is 0 Å². The molecular formula is C18H39NO. The molecule has 20 heavy (non-hydrogen) atoms. The molecule has 0 aliphatic carbocycles. The lowest BCUT2D eigenvalue weighted by Gasteiger charge is -2.24. The van der Waals surface area contributed by atoms with Gasteiger partial charge < -0.3 is 9.64 Å². The van der Waals surface area contributed by atoms with Crippen molar-refractivity contribution in [3.8, 4) is 0 Å². The van der Waals surface area contributed by atoms with Gasteiger partial charge in [-0.3, -0.25) is 0 Å². The normalized spacial score (nSPS) is 13.1. The Balaban J connectivity index is 3.50. The van der Waals surface area contributed by atoms with Crippen LogP contribution in [0.3, 0.4) is 0 Å². The van der Waals surface area contributed by atoms with E-state index in [0.717, 1.165) is 25.7 Å². The predicted molar refractivity (Wildman–Crippen MR) is 90.4 cm³/mol. The number of hydrogen-bond acceptors (Lipinski definition) is 2. The summed E-state index contributed by atoms with van der Waals surface area (Å²) in [6.07, 6.45) is 14.9. The zero-order valence-electron chi connectivity index (χ0n) is 14.6. The van der Waals surface area contributed by atoms with E-state index in [1.165, 1.54) is 64.2 Å². The second-order valence-electron chi connectivity index (χ2n) is 6.28. The van der Waals surface area contributed by atoms with E-state index in [0.29, 0.717) is 0 Å². The monoisotopic (exact) mass is 285 g/mol. The zero-order chi connectivity index (χ0) is 15.1. The molecule has 2 heteroatoms. The van der Waals surface area contributed by atoms with Gasteiger partial charge in [-0.1, -0.05) is 58.8 Å². The Kier molecular flexibility index (Phi) is 15.3. The number of unbranched alkanes of at least 4 members (excludes halogenated alkanes) is 6. The van der Waals surface area contributed by atoms with Gasteiger partial charge in [0.1, 0.15) is 0 Å². The summed E-state index contributed by atoms with van der Waals surface area (Å²) in [6.45, 7) is 6.31. The van der Waals surface area contributed by atoms with Crippen molar-refractivity contribution in [3.63, 3.8) is 0 Å². The lowest BCUT2D eigenvalue weighted by atomic mass is 10.0. The van der Waals surface area contributed by atoms with Crippen LogP contribution >= 0.6 is 0 Å². The maximum Gasteiger partial charge on any atom is 0.0466 e. The van der Waals surface area contributed by atoms with Crippen LogP contribution in [-0.4, -0.2) is 38.3 Å². The molecular weight excluding hydrogens is 246 g/mol. The van der Waals surface area contributed by atoms with Crippen molar-refractivity contribution in [2.45, 2.75) is 90.5 Å². The summed E-state index contributed by atoms with van der Waals surface area (Å²) < 4.78 is 5.57. The third-order valence-corrected chi connectivity index (χ3v) is 4.05. The third kappa shape index (κ3) is 12.9. The molecule has 0 aromatic heterocycles. The first kappa shape index (κ1) is 19.9. The van der Waals surface area contributed by atoms with Crippen LogP contribution in [0.2, 0.25) is 0 Å². The Morgan fingerprint density at radius 1 is 0.700 bits per heavy atom. The smallest absolute Gasteiger partial charge is 0.0466 e. The van der Waals surface area contributed by atoms with E-state index < -0.39 is 0 Å². The van der Waals surface area contributed by atoms with E-state index in [1.807, 2.05) is 0 Å². The van der Waals surface area contributed by atoms with Gasteiger partial charge in [-0.15, -0.1) is 0 Å². The summed E-state index contributed by atoms with van der Waals surface area (Å²) in [4.78, 5) is 2.40. The second kappa shape index (κ2) is 15.3. The summed E-state index contributed by atoms with van der Waals surface area (Å²) in [5.41, 5.74) is 0. The van der Waals surface area contributed by atoms with Gasteiger partial charge in [0.25, 0.3) is 0 Å². The highest BCUT2D eigenvalue weighted by atomic mass is 16.5. The van der Waals surface area contributed by atoms with E-state index in [9.17, 15) is 0 Å². The number of ether oxygens (including phenoxy) is 1. The van der Waals surface area contributed by atoms with Crippen molar-refractivity contribution in [1.29, 1.82) is 0 Å². The minimum atomic E-state index is 0.746. The molecule has 0 aromatic rings. The van der Waals surface area contributed by atoms with E-state index in [4.69, 9.17) is 4.74 Å². The summed E-state index contributed by atoms with van der Waals surface area (Å²) in [5, 5.41) is 0. The molecule has 0 aliphatic rings. The molecule has 0 bridgehead atoms. The van der Waals surface area contributed by atoms with Gasteiger partial charge >= 0.3 is 0 Å². The summed E-state index contributed by atoms with van der Waals surface area (Å²) in [6, 6.07) is 0.746. The lowest BCUT2D eigenvalue weighted by Crippen LogP contribution is -2.28. The van der Waals surface area contributed by atoms with Gasteiger partial charge in [-0.25, -0.2) is 0 Å². The Hall–Kier alpha value is -0.0800. The maximum atomic E-state index is 5.57. The summed E-state index contributed by atoms with van der Waals surface area (Å²) >= 11 is 0. The van der Waals surface area contributed by atoms with Gasteiger partial charge in [0, 0.05) is 19.3 Å². The van der Waals surface area contributed by atoms with Crippen LogP contribution in [0.5, 0.6) is 0 Å². The minimum absolute atomic E-state index is 0.746. The van der Waals surface area contributed by atoms with Crippen molar-refractivity contribution in [3.05, 3.63) is 0 Å². The predicted octanol–water partition coefficient (Wildman–Crippen LogP) is 5.26. The van der Waals surface area contributed by atoms with Gasteiger partial charge in [-0.05, 0) is 39.8 Å². The van der Waals surface area contributed by atoms with E-state index in [1.54, 1.807) is 0 Å². The van der Waals surface area contributed by atoms with Crippen LogP contribution in [0.1, 0.15) is 84.5 Å². The molecule has 2 nitrogen and oxygen atoms in total. The Morgan fingerprint density at radius 2 is 1.30 bits per heavy atom. The number of nitrogens with zero attached hydrogens (tertiary/aromatic N) is 1. The number of rotatable bonds is 15. The average molecular weight is 286 g/mol. The van der Waals surface area contributed by atoms with Crippen LogP contribution in [0.15, 0.2) is 0 Å². The fourth-order valence-electron chi connectivity index (χ4n) is 2.67. The average Bonchev–Trinajstić information content (AvgIpc) is 2.43. The minimum Gasteiger partial charge on any atom is -0.381 e. The Bertz CT molecular complexity index is 182. The standard InChI is InChI=1S/C18H39NO/c1-5-7-8-9-10-11-12-14-18(19(3)4)15-13-17-20-16-6-2/h18H,5-17H2,1-4H3. The van der Waals surface area contributed by atoms with Gasteiger partial charge in [0.05, 0.1) is 0 Å². The maximum absolute atomic E-state index is 5.57. The molecule has 0 aromatic carbocycles. The SMILES string of the molecule is CCCCCCCCCC(CCCOCCC)N(C)C. The van der Waals surface area contributed by atoms with E-state index in [-0.39, 0.29) is 0 Å². The molecule has 0 fully saturated rings. The topological polar surface area (TPSA) is 12.5 Å². The molecule has 0 amide bonds. The molecule has 122 valence electrons. The second-order valence-corrected chi connectivity index (χ2v) is 6.28. The van der Waals surface area contributed by atoms with E-state index in [2.05, 4.69) is 32.8 Å². The summed E-state index contributed by atoms with van der Waals surface area (Å²) in [5.74, 6) is 0. The molecule has 1 unspecified atom stereocenters. The Labute approximate surface area is 128 Å². The quantitative estimate of drug-likeness (QED) is 0.380. The summed E-state index contributed by atoms with van der Waals surface area (Å²) in [7, 11) is 4.44. The first-order chi connectivity index (χ1) is 9.72. The van der Waals surface area contributed by atoms with Crippen molar-refractivity contribution >= 4 is 0 Å². The molecule has 0 heterocycles. The van der Waals surface area contributed by atoms with Crippen molar-refractivity contribution in [1.82, 2.24) is 4.90 Å². The van der Waals surface area contributed by atoms with Crippen molar-refractivity contribution in [2.75, 3.05) is 27.3 Å². The highest BCUT2D eigenvalue weighted by Crippen LogP contribution is 2.15. The first-order valence-corrected chi connectivity index (χ1v) is 8.96. The lowest BCUT2D eigenvalue weighted by molar-refractivity contribution is 0.122. The van der Waals surface area contributed by atoms with Crippen molar-refractivity contribution < 1.29 is 4.74 Å². The van der Waals surface area contributed by atoms with Crippen LogP contribution in [-0.2, 0) is 4.74 Å². The molecule has 0 rings (SSSR count). The highest BCUT2D eigenvalue weighted by molar-refractivity contribution is 4.66. The van der Waals surface area contributed by atoms with Crippen LogP contribution in [0, 0.1) is 0 Å². The molecule has 0 saturated carbocycles. The molecule has 1 atom stereocenters. The number of hydrogen-bond donors (Lipinski definition) is 0. The van der Waals surface area contributed by atoms with Crippen LogP contribution in [0.25, 0.3) is 0 Å². The van der Waals surface area contributed by atoms with Crippen molar-refractivity contribution in [2.24, 2.45) is 0 Å².